The van der Waals surface area contributed by atoms with Crippen LogP contribution in [-0.4, -0.2) is 18.5 Å². The summed E-state index contributed by atoms with van der Waals surface area (Å²) in [5.74, 6) is 0. The molecule has 0 radical (unpaired) electrons. The molecule has 92 valence electrons. The van der Waals surface area contributed by atoms with Crippen molar-refractivity contribution in [2.45, 2.75) is 0 Å². The molecule has 0 saturated carbocycles. The van der Waals surface area contributed by atoms with Crippen LogP contribution in [0.25, 0.3) is 0 Å². The van der Waals surface area contributed by atoms with Crippen LogP contribution in [0.2, 0.25) is 0 Å². The van der Waals surface area contributed by atoms with Gasteiger partial charge in [0.05, 0.1) is 0 Å². The Morgan fingerprint density at radius 1 is 1.06 bits per heavy atom. The summed E-state index contributed by atoms with van der Waals surface area (Å²) in [7, 11) is -2.29. The highest BCUT2D eigenvalue weighted by Gasteiger charge is 2.08. The number of hydrogen-bond donors (Lipinski definition) is 0. The predicted octanol–water partition coefficient (Wildman–Crippen LogP) is 0.415. The molecule has 0 N–H and O–H groups in total. The van der Waals surface area contributed by atoms with Gasteiger partial charge in [-0.25, -0.2) is 0 Å². The van der Waals surface area contributed by atoms with Gasteiger partial charge in [0, 0.05) is 12.1 Å². The molecule has 0 unspecified atom stereocenters. The summed E-state index contributed by atoms with van der Waals surface area (Å²) in [4.78, 5) is 0. The van der Waals surface area contributed by atoms with Crippen molar-refractivity contribution < 1.29 is 29.4 Å². The normalized spacial score (nSPS) is 8.69. The SMILES string of the molecule is C[N+](c1ccccc1)=S(F)F.FB(F)F.[F-]. The van der Waals surface area contributed by atoms with Crippen LogP contribution >= 0.6 is 0 Å². The Balaban J connectivity index is 0. The molecule has 0 fully saturated rings. The number of nitrogens with zero attached hydrogens (tertiary/aromatic N) is 1. The molecule has 1 aromatic carbocycles. The Morgan fingerprint density at radius 3 is 1.75 bits per heavy atom. The van der Waals surface area contributed by atoms with Gasteiger partial charge in [-0.15, -0.1) is 3.95 Å². The van der Waals surface area contributed by atoms with Crippen LogP contribution in [0.1, 0.15) is 0 Å². The summed E-state index contributed by atoms with van der Waals surface area (Å²) in [6.07, 6.45) is 0. The summed E-state index contributed by atoms with van der Waals surface area (Å²) < 4.78 is 54.1. The zero-order valence-electron chi connectivity index (χ0n) is 8.09. The smallest absolute Gasteiger partial charge is 0.762 e. The zero-order chi connectivity index (χ0) is 11.8. The lowest BCUT2D eigenvalue weighted by atomic mass is 10.3. The summed E-state index contributed by atoms with van der Waals surface area (Å²) in [6, 6.07) is 8.57. The Hall–Kier alpha value is -0.985. The van der Waals surface area contributed by atoms with Crippen molar-refractivity contribution in [1.82, 2.24) is 0 Å². The maximum Gasteiger partial charge on any atom is 0.762 e. The van der Waals surface area contributed by atoms with Crippen molar-refractivity contribution >= 4 is 24.7 Å². The molecule has 1 aromatic rings. The molecular weight excluding hydrogens is 255 g/mol. The molecule has 0 aliphatic heterocycles. The van der Waals surface area contributed by atoms with Crippen molar-refractivity contribution in [2.24, 2.45) is 0 Å². The van der Waals surface area contributed by atoms with E-state index in [0.717, 1.165) is 3.95 Å². The van der Waals surface area contributed by atoms with Gasteiger partial charge in [0.15, 0.2) is 7.05 Å². The molecule has 0 aromatic heterocycles. The second kappa shape index (κ2) is 9.26. The van der Waals surface area contributed by atoms with Gasteiger partial charge in [-0.3, -0.25) is 12.9 Å². The lowest BCUT2D eigenvalue weighted by Crippen LogP contribution is -3.00. The van der Waals surface area contributed by atoms with Crippen LogP contribution in [0.5, 0.6) is 0 Å². The Bertz CT molecular complexity index is 313. The van der Waals surface area contributed by atoms with E-state index in [-0.39, 0.29) is 4.70 Å². The fourth-order valence-electron chi connectivity index (χ4n) is 0.718. The van der Waals surface area contributed by atoms with Crippen molar-refractivity contribution in [2.75, 3.05) is 7.05 Å². The third kappa shape index (κ3) is 8.33. The zero-order valence-corrected chi connectivity index (χ0v) is 8.90. The lowest BCUT2D eigenvalue weighted by molar-refractivity contribution is -0.382. The summed E-state index contributed by atoms with van der Waals surface area (Å²) in [6.45, 7) is 0. The molecule has 0 aliphatic rings. The van der Waals surface area contributed by atoms with E-state index < -0.39 is 19.0 Å². The van der Waals surface area contributed by atoms with Crippen molar-refractivity contribution in [3.8, 4) is 0 Å². The van der Waals surface area contributed by atoms with E-state index in [1.807, 2.05) is 0 Å². The molecule has 0 bridgehead atoms. The average molecular weight is 263 g/mol. The second-order valence-electron chi connectivity index (χ2n) is 2.28. The van der Waals surface area contributed by atoms with Gasteiger partial charge in [-0.2, -0.15) is 0 Å². The van der Waals surface area contributed by atoms with Crippen molar-refractivity contribution in [3.63, 3.8) is 0 Å². The van der Waals surface area contributed by atoms with Crippen LogP contribution in [-0.2, 0) is 11.5 Å². The quantitative estimate of drug-likeness (QED) is 0.392. The molecule has 1 rings (SSSR count). The minimum Gasteiger partial charge on any atom is -1.00 e. The summed E-state index contributed by atoms with van der Waals surface area (Å²) in [5.41, 5.74) is 0.542. The molecular formula is C7H8BF6NS. The van der Waals surface area contributed by atoms with Gasteiger partial charge in [0.2, 0.25) is 5.69 Å². The minimum atomic E-state index is -3.67. The summed E-state index contributed by atoms with van der Waals surface area (Å²) in [5, 5.41) is 0. The van der Waals surface area contributed by atoms with Gasteiger partial charge in [-0.05, 0) is 0 Å². The number of rotatable bonds is 1. The van der Waals surface area contributed by atoms with E-state index >= 15 is 0 Å². The molecule has 16 heavy (non-hydrogen) atoms. The molecule has 1 nitrogen and oxygen atoms in total. The Kier molecular flexibility index (Phi) is 10.1. The van der Waals surface area contributed by atoms with Gasteiger partial charge >= 0.3 is 19.0 Å². The van der Waals surface area contributed by atoms with Crippen LogP contribution < -0.4 is 4.70 Å². The van der Waals surface area contributed by atoms with E-state index in [0.29, 0.717) is 5.69 Å². The molecule has 0 amide bonds. The first-order chi connectivity index (χ1) is 6.95. The Morgan fingerprint density at radius 2 is 1.44 bits per heavy atom. The van der Waals surface area contributed by atoms with Crippen molar-refractivity contribution in [3.05, 3.63) is 30.3 Å². The van der Waals surface area contributed by atoms with Crippen LogP contribution in [0.4, 0.5) is 26.4 Å². The molecule has 0 heterocycles. The third-order valence-corrected chi connectivity index (χ3v) is 1.95. The molecule has 9 heteroatoms. The number of para-hydroxylation sites is 1. The van der Waals surface area contributed by atoms with Gasteiger partial charge < -0.3 is 4.70 Å². The monoisotopic (exact) mass is 263 g/mol. The highest BCUT2D eigenvalue weighted by molar-refractivity contribution is 7.74. The van der Waals surface area contributed by atoms with E-state index in [2.05, 4.69) is 0 Å². The van der Waals surface area contributed by atoms with E-state index in [9.17, 15) is 20.7 Å². The first-order valence-electron chi connectivity index (χ1n) is 3.73. The third-order valence-electron chi connectivity index (χ3n) is 1.33. The first kappa shape index (κ1) is 17.4. The average Bonchev–Trinajstić information content (AvgIpc) is 2.17. The first-order valence-corrected chi connectivity index (χ1v) is 4.71. The second-order valence-corrected chi connectivity index (χ2v) is 3.22. The Labute approximate surface area is 92.2 Å². The fourth-order valence-corrected chi connectivity index (χ4v) is 0.999. The van der Waals surface area contributed by atoms with E-state index in [1.54, 1.807) is 30.3 Å². The van der Waals surface area contributed by atoms with Gasteiger partial charge in [0.25, 0.3) is 0 Å². The van der Waals surface area contributed by atoms with Gasteiger partial charge in [0.1, 0.15) is 0 Å². The van der Waals surface area contributed by atoms with Crippen LogP contribution in [0.3, 0.4) is 0 Å². The topological polar surface area (TPSA) is 3.01 Å². The fraction of sp³-hybridized carbons (Fsp3) is 0.143. The summed E-state index contributed by atoms with van der Waals surface area (Å²) >= 11 is -2.68. The number of halogens is 6. The predicted molar refractivity (Wildman–Crippen MR) is 50.9 cm³/mol. The highest BCUT2D eigenvalue weighted by atomic mass is 32.2. The maximum atomic E-state index is 12.1. The van der Waals surface area contributed by atoms with E-state index in [4.69, 9.17) is 0 Å². The minimum absolute atomic E-state index is 0. The molecule has 0 atom stereocenters. The maximum absolute atomic E-state index is 12.1. The largest absolute Gasteiger partial charge is 1.00 e. The van der Waals surface area contributed by atoms with Gasteiger partial charge in [-0.1, -0.05) is 26.0 Å². The highest BCUT2D eigenvalue weighted by Crippen LogP contribution is 2.10. The van der Waals surface area contributed by atoms with Crippen molar-refractivity contribution in [1.29, 1.82) is 0 Å². The number of benzene rings is 1. The molecule has 0 saturated heterocycles. The lowest BCUT2D eigenvalue weighted by Gasteiger charge is -1.90. The molecule has 0 aliphatic carbocycles. The molecule has 0 spiro atoms. The van der Waals surface area contributed by atoms with E-state index in [1.165, 1.54) is 7.05 Å². The standard InChI is InChI=1S/C7H8F2NS.BF3.FH/c1-10(11(8)9)7-5-3-2-4-6-7;2-1(3)4;/h2-6H,1H3;;1H/q+1;;/p-1. The van der Waals surface area contributed by atoms with Crippen LogP contribution in [0.15, 0.2) is 30.3 Å². The number of hydrogen-bond acceptors (Lipinski definition) is 0. The van der Waals surface area contributed by atoms with Crippen LogP contribution in [0, 0.1) is 0 Å².